The summed E-state index contributed by atoms with van der Waals surface area (Å²) in [4.78, 5) is 27.0. The van der Waals surface area contributed by atoms with Crippen molar-refractivity contribution >= 4 is 29.3 Å². The summed E-state index contributed by atoms with van der Waals surface area (Å²) < 4.78 is 5.79. The van der Waals surface area contributed by atoms with Gasteiger partial charge in [0.1, 0.15) is 12.4 Å². The summed E-state index contributed by atoms with van der Waals surface area (Å²) in [7, 11) is 0. The molecule has 0 atom stereocenters. The summed E-state index contributed by atoms with van der Waals surface area (Å²) in [6.45, 7) is 5.42. The third kappa shape index (κ3) is 6.18. The van der Waals surface area contributed by atoms with Crippen molar-refractivity contribution in [3.63, 3.8) is 0 Å². The van der Waals surface area contributed by atoms with Gasteiger partial charge in [0.05, 0.1) is 5.56 Å². The molecule has 1 heterocycles. The van der Waals surface area contributed by atoms with Crippen LogP contribution in [0.15, 0.2) is 66.7 Å². The van der Waals surface area contributed by atoms with E-state index < -0.39 is 5.91 Å². The lowest BCUT2D eigenvalue weighted by Gasteiger charge is -2.26. The molecule has 3 N–H and O–H groups in total. The molecule has 0 saturated carbocycles. The standard InChI is InChI=1S/C27H29N3O3S/c1-19-15-20(17-30-11-13-34-14-12-30)9-10-24(19)29-27(32)22-6-4-5-21(16-22)18-33-25-8-3-2-7-23(25)26(28)31/h2-10,15-16H,11-14,17-18H2,1H3,(H2,28,31)(H,29,32). The number of primary amides is 1. The first-order valence-corrected chi connectivity index (χ1v) is 12.5. The van der Waals surface area contributed by atoms with Crippen LogP contribution in [0.4, 0.5) is 5.69 Å². The number of thioether (sulfide) groups is 1. The summed E-state index contributed by atoms with van der Waals surface area (Å²) in [6, 6.07) is 20.3. The molecule has 3 aromatic carbocycles. The smallest absolute Gasteiger partial charge is 0.255 e. The molecular weight excluding hydrogens is 446 g/mol. The van der Waals surface area contributed by atoms with Gasteiger partial charge in [0.2, 0.25) is 0 Å². The fraction of sp³-hybridized carbons (Fsp3) is 0.259. The molecule has 2 amide bonds. The van der Waals surface area contributed by atoms with Gasteiger partial charge in [0.25, 0.3) is 11.8 Å². The second kappa shape index (κ2) is 11.2. The number of aryl methyl sites for hydroxylation is 1. The highest BCUT2D eigenvalue weighted by Gasteiger charge is 2.13. The summed E-state index contributed by atoms with van der Waals surface area (Å²) in [6.07, 6.45) is 0. The van der Waals surface area contributed by atoms with Crippen molar-refractivity contribution in [2.45, 2.75) is 20.1 Å². The lowest BCUT2D eigenvalue weighted by molar-refractivity contribution is 0.0994. The Balaban J connectivity index is 1.39. The molecule has 0 aromatic heterocycles. The minimum Gasteiger partial charge on any atom is -0.488 e. The van der Waals surface area contributed by atoms with Crippen LogP contribution in [0.25, 0.3) is 0 Å². The van der Waals surface area contributed by atoms with Crippen molar-refractivity contribution in [2.24, 2.45) is 5.73 Å². The van der Waals surface area contributed by atoms with Gasteiger partial charge >= 0.3 is 0 Å². The van der Waals surface area contributed by atoms with Crippen LogP contribution in [0, 0.1) is 6.92 Å². The number of hydrogen-bond donors (Lipinski definition) is 2. The van der Waals surface area contributed by atoms with E-state index in [-0.39, 0.29) is 12.5 Å². The predicted octanol–water partition coefficient (Wildman–Crippen LogP) is 4.47. The van der Waals surface area contributed by atoms with E-state index in [1.807, 2.05) is 36.9 Å². The van der Waals surface area contributed by atoms with Crippen molar-refractivity contribution < 1.29 is 14.3 Å². The molecule has 0 aliphatic carbocycles. The Morgan fingerprint density at radius 1 is 1.00 bits per heavy atom. The minimum absolute atomic E-state index is 0.178. The number of carbonyl (C=O) groups excluding carboxylic acids is 2. The lowest BCUT2D eigenvalue weighted by atomic mass is 10.1. The average molecular weight is 476 g/mol. The highest BCUT2D eigenvalue weighted by molar-refractivity contribution is 7.99. The molecule has 0 radical (unpaired) electrons. The second-order valence-corrected chi connectivity index (χ2v) is 9.57. The number of hydrogen-bond acceptors (Lipinski definition) is 5. The molecule has 1 saturated heterocycles. The number of benzene rings is 3. The zero-order valence-electron chi connectivity index (χ0n) is 19.3. The van der Waals surface area contributed by atoms with Crippen LogP contribution in [0.3, 0.4) is 0 Å². The van der Waals surface area contributed by atoms with Crippen LogP contribution < -0.4 is 15.8 Å². The van der Waals surface area contributed by atoms with Gasteiger partial charge in [-0.1, -0.05) is 36.4 Å². The first-order valence-electron chi connectivity index (χ1n) is 11.3. The zero-order chi connectivity index (χ0) is 23.9. The van der Waals surface area contributed by atoms with Gasteiger partial charge in [0.15, 0.2) is 0 Å². The Labute approximate surface area is 204 Å². The number of ether oxygens (including phenoxy) is 1. The largest absolute Gasteiger partial charge is 0.488 e. The average Bonchev–Trinajstić information content (AvgIpc) is 2.85. The van der Waals surface area contributed by atoms with E-state index in [0.717, 1.165) is 36.4 Å². The number of nitrogens with two attached hydrogens (primary N) is 1. The van der Waals surface area contributed by atoms with Crippen LogP contribution in [0.1, 0.15) is 37.4 Å². The van der Waals surface area contributed by atoms with Gasteiger partial charge < -0.3 is 15.8 Å². The van der Waals surface area contributed by atoms with Crippen molar-refractivity contribution in [1.29, 1.82) is 0 Å². The molecule has 1 fully saturated rings. The lowest BCUT2D eigenvalue weighted by Crippen LogP contribution is -2.31. The first kappa shape index (κ1) is 23.9. The van der Waals surface area contributed by atoms with Gasteiger partial charge in [-0.15, -0.1) is 0 Å². The SMILES string of the molecule is Cc1cc(CN2CCSCC2)ccc1NC(=O)c1cccc(COc2ccccc2C(N)=O)c1. The van der Waals surface area contributed by atoms with Crippen LogP contribution >= 0.6 is 11.8 Å². The normalized spacial score (nSPS) is 13.9. The van der Waals surface area contributed by atoms with E-state index in [1.165, 1.54) is 17.1 Å². The zero-order valence-corrected chi connectivity index (χ0v) is 20.1. The molecule has 3 aromatic rings. The van der Waals surface area contributed by atoms with Gasteiger partial charge in [0, 0.05) is 42.4 Å². The van der Waals surface area contributed by atoms with E-state index >= 15 is 0 Å². The van der Waals surface area contributed by atoms with E-state index in [2.05, 4.69) is 22.3 Å². The summed E-state index contributed by atoms with van der Waals surface area (Å²) in [5.41, 5.74) is 10.2. The third-order valence-corrected chi connectivity index (χ3v) is 6.73. The van der Waals surface area contributed by atoms with Crippen molar-refractivity contribution in [3.8, 4) is 5.75 Å². The minimum atomic E-state index is -0.542. The summed E-state index contributed by atoms with van der Waals surface area (Å²) >= 11 is 2.01. The maximum atomic E-state index is 12.9. The number of para-hydroxylation sites is 1. The topological polar surface area (TPSA) is 84.7 Å². The molecule has 0 unspecified atom stereocenters. The van der Waals surface area contributed by atoms with E-state index in [9.17, 15) is 9.59 Å². The van der Waals surface area contributed by atoms with Crippen LogP contribution in [-0.4, -0.2) is 41.3 Å². The highest BCUT2D eigenvalue weighted by atomic mass is 32.2. The van der Waals surface area contributed by atoms with Gasteiger partial charge in [-0.2, -0.15) is 11.8 Å². The van der Waals surface area contributed by atoms with Crippen molar-refractivity contribution in [3.05, 3.63) is 94.5 Å². The highest BCUT2D eigenvalue weighted by Crippen LogP contribution is 2.22. The maximum absolute atomic E-state index is 12.9. The molecule has 1 aliphatic rings. The van der Waals surface area contributed by atoms with Crippen molar-refractivity contribution in [1.82, 2.24) is 4.90 Å². The van der Waals surface area contributed by atoms with Crippen LogP contribution in [0.5, 0.6) is 5.75 Å². The maximum Gasteiger partial charge on any atom is 0.255 e. The number of carbonyl (C=O) groups is 2. The quantitative estimate of drug-likeness (QED) is 0.502. The first-order chi connectivity index (χ1) is 16.5. The molecule has 0 bridgehead atoms. The van der Waals surface area contributed by atoms with Crippen LogP contribution in [-0.2, 0) is 13.2 Å². The second-order valence-electron chi connectivity index (χ2n) is 8.34. The monoisotopic (exact) mass is 475 g/mol. The Morgan fingerprint density at radius 2 is 1.79 bits per heavy atom. The molecule has 1 aliphatic heterocycles. The summed E-state index contributed by atoms with van der Waals surface area (Å²) in [5.74, 6) is 2.08. The number of nitrogens with one attached hydrogen (secondary N) is 1. The molecule has 34 heavy (non-hydrogen) atoms. The van der Waals surface area contributed by atoms with E-state index in [0.29, 0.717) is 16.9 Å². The van der Waals surface area contributed by atoms with Gasteiger partial charge in [-0.05, 0) is 53.9 Å². The Morgan fingerprint density at radius 3 is 2.56 bits per heavy atom. The fourth-order valence-corrected chi connectivity index (χ4v) is 4.91. The predicted molar refractivity (Wildman–Crippen MR) is 137 cm³/mol. The molecule has 7 heteroatoms. The van der Waals surface area contributed by atoms with Gasteiger partial charge in [-0.25, -0.2) is 0 Å². The summed E-state index contributed by atoms with van der Waals surface area (Å²) in [5, 5.41) is 3.02. The molecule has 176 valence electrons. The van der Waals surface area contributed by atoms with E-state index in [4.69, 9.17) is 10.5 Å². The van der Waals surface area contributed by atoms with E-state index in [1.54, 1.807) is 36.4 Å². The number of anilines is 1. The van der Waals surface area contributed by atoms with Crippen molar-refractivity contribution in [2.75, 3.05) is 29.9 Å². The molecular formula is C27H29N3O3S. The number of amides is 2. The fourth-order valence-electron chi connectivity index (χ4n) is 3.94. The van der Waals surface area contributed by atoms with Gasteiger partial charge in [-0.3, -0.25) is 14.5 Å². The number of rotatable bonds is 8. The number of nitrogens with zero attached hydrogens (tertiary/aromatic N) is 1. The Hall–Kier alpha value is -3.29. The Kier molecular flexibility index (Phi) is 7.87. The molecule has 4 rings (SSSR count). The molecule has 0 spiro atoms. The third-order valence-electron chi connectivity index (χ3n) is 5.78. The Bertz CT molecular complexity index is 1180. The van der Waals surface area contributed by atoms with Crippen LogP contribution in [0.2, 0.25) is 0 Å². The molecule has 6 nitrogen and oxygen atoms in total.